The quantitative estimate of drug-likeness (QED) is 0.546. The highest BCUT2D eigenvalue weighted by Gasteiger charge is 2.23. The van der Waals surface area contributed by atoms with Gasteiger partial charge in [-0.3, -0.25) is 9.89 Å². The Labute approximate surface area is 158 Å². The van der Waals surface area contributed by atoms with Gasteiger partial charge in [-0.1, -0.05) is 38.1 Å². The van der Waals surface area contributed by atoms with E-state index in [1.54, 1.807) is 7.11 Å². The zero-order valence-corrected chi connectivity index (χ0v) is 16.6. The number of hydrogen-bond donors (Lipinski definition) is 2. The molecule has 6 heteroatoms. The topological polar surface area (TPSA) is 58.1 Å². The van der Waals surface area contributed by atoms with Gasteiger partial charge in [0.05, 0.1) is 19.8 Å². The van der Waals surface area contributed by atoms with Crippen molar-refractivity contribution in [3.05, 3.63) is 35.4 Å². The van der Waals surface area contributed by atoms with E-state index in [2.05, 4.69) is 58.6 Å². The number of morpholine rings is 1. The molecular formula is C20H34N4O2. The van der Waals surface area contributed by atoms with Crippen LogP contribution in [0.4, 0.5) is 0 Å². The summed E-state index contributed by atoms with van der Waals surface area (Å²) in [4.78, 5) is 6.87. The van der Waals surface area contributed by atoms with Crippen LogP contribution < -0.4 is 10.6 Å². The summed E-state index contributed by atoms with van der Waals surface area (Å²) in [5, 5.41) is 6.89. The second kappa shape index (κ2) is 11.2. The van der Waals surface area contributed by atoms with Gasteiger partial charge in [0.1, 0.15) is 0 Å². The SMILES string of the molecule is CN=C(NCc1ccc(COC)cc1)NCC(C(C)C)N1CCOCC1. The van der Waals surface area contributed by atoms with Gasteiger partial charge in [0.15, 0.2) is 5.96 Å². The largest absolute Gasteiger partial charge is 0.380 e. The van der Waals surface area contributed by atoms with Crippen LogP contribution in [0.15, 0.2) is 29.3 Å². The van der Waals surface area contributed by atoms with Crippen LogP contribution in [0.1, 0.15) is 25.0 Å². The Morgan fingerprint density at radius 3 is 2.38 bits per heavy atom. The Kier molecular flexibility index (Phi) is 8.88. The average Bonchev–Trinajstić information content (AvgIpc) is 2.66. The molecule has 2 rings (SSSR count). The fourth-order valence-electron chi connectivity index (χ4n) is 3.22. The van der Waals surface area contributed by atoms with E-state index in [0.29, 0.717) is 18.6 Å². The van der Waals surface area contributed by atoms with Gasteiger partial charge in [-0.2, -0.15) is 0 Å². The fraction of sp³-hybridized carbons (Fsp3) is 0.650. The summed E-state index contributed by atoms with van der Waals surface area (Å²) in [6, 6.07) is 8.93. The van der Waals surface area contributed by atoms with Gasteiger partial charge in [0.25, 0.3) is 0 Å². The molecule has 1 aliphatic rings. The zero-order valence-electron chi connectivity index (χ0n) is 16.6. The minimum Gasteiger partial charge on any atom is -0.380 e. The molecule has 0 spiro atoms. The van der Waals surface area contributed by atoms with Gasteiger partial charge in [-0.05, 0) is 17.0 Å². The molecule has 1 aromatic carbocycles. The summed E-state index contributed by atoms with van der Waals surface area (Å²) in [6.07, 6.45) is 0. The Morgan fingerprint density at radius 2 is 1.81 bits per heavy atom. The highest BCUT2D eigenvalue weighted by atomic mass is 16.5. The van der Waals surface area contributed by atoms with Gasteiger partial charge < -0.3 is 20.1 Å². The number of nitrogens with one attached hydrogen (secondary N) is 2. The van der Waals surface area contributed by atoms with Crippen LogP contribution in [0.2, 0.25) is 0 Å². The number of hydrogen-bond acceptors (Lipinski definition) is 4. The van der Waals surface area contributed by atoms with Crippen molar-refractivity contribution in [2.45, 2.75) is 33.0 Å². The van der Waals surface area contributed by atoms with Crippen molar-refractivity contribution in [2.24, 2.45) is 10.9 Å². The van der Waals surface area contributed by atoms with Crippen molar-refractivity contribution in [2.75, 3.05) is 47.0 Å². The predicted octanol–water partition coefficient (Wildman–Crippen LogP) is 1.85. The van der Waals surface area contributed by atoms with Crippen LogP contribution in [0.25, 0.3) is 0 Å². The van der Waals surface area contributed by atoms with E-state index < -0.39 is 0 Å². The summed E-state index contributed by atoms with van der Waals surface area (Å²) in [5.74, 6) is 1.41. The molecule has 0 amide bonds. The van der Waals surface area contributed by atoms with Crippen molar-refractivity contribution >= 4 is 5.96 Å². The smallest absolute Gasteiger partial charge is 0.191 e. The maximum atomic E-state index is 5.48. The molecule has 1 atom stereocenters. The lowest BCUT2D eigenvalue weighted by molar-refractivity contribution is 0.00752. The third kappa shape index (κ3) is 6.59. The minimum atomic E-state index is 0.478. The molecule has 0 saturated carbocycles. The number of methoxy groups -OCH3 is 1. The predicted molar refractivity (Wildman–Crippen MR) is 106 cm³/mol. The molecule has 1 unspecified atom stereocenters. The lowest BCUT2D eigenvalue weighted by Gasteiger charge is -2.37. The number of rotatable bonds is 8. The molecule has 1 aromatic rings. The monoisotopic (exact) mass is 362 g/mol. The molecule has 1 fully saturated rings. The van der Waals surface area contributed by atoms with Crippen LogP contribution in [-0.2, 0) is 22.6 Å². The zero-order chi connectivity index (χ0) is 18.8. The molecule has 1 saturated heterocycles. The first-order valence-corrected chi connectivity index (χ1v) is 9.47. The van der Waals surface area contributed by atoms with Crippen molar-refractivity contribution in [3.63, 3.8) is 0 Å². The van der Waals surface area contributed by atoms with Crippen LogP contribution in [0.3, 0.4) is 0 Å². The third-order valence-electron chi connectivity index (χ3n) is 4.78. The number of nitrogens with zero attached hydrogens (tertiary/aromatic N) is 2. The van der Waals surface area contributed by atoms with Gasteiger partial charge in [0, 0.05) is 46.4 Å². The molecule has 0 aromatic heterocycles. The number of benzene rings is 1. The Hall–Kier alpha value is -1.63. The van der Waals surface area contributed by atoms with Crippen LogP contribution >= 0.6 is 0 Å². The highest BCUT2D eigenvalue weighted by Crippen LogP contribution is 2.12. The first-order chi connectivity index (χ1) is 12.6. The maximum absolute atomic E-state index is 5.48. The minimum absolute atomic E-state index is 0.478. The highest BCUT2D eigenvalue weighted by molar-refractivity contribution is 5.79. The molecule has 0 aliphatic carbocycles. The Balaban J connectivity index is 1.82. The number of guanidine groups is 1. The molecule has 2 N–H and O–H groups in total. The molecule has 0 radical (unpaired) electrons. The van der Waals surface area contributed by atoms with Crippen LogP contribution in [-0.4, -0.2) is 63.9 Å². The average molecular weight is 363 g/mol. The maximum Gasteiger partial charge on any atom is 0.191 e. The summed E-state index contributed by atoms with van der Waals surface area (Å²) < 4.78 is 10.6. The van der Waals surface area contributed by atoms with E-state index in [9.17, 15) is 0 Å². The number of ether oxygens (including phenoxy) is 2. The fourth-order valence-corrected chi connectivity index (χ4v) is 3.22. The number of aliphatic imine (C=N–C) groups is 1. The van der Waals surface area contributed by atoms with Gasteiger partial charge in [0.2, 0.25) is 0 Å². The van der Waals surface area contributed by atoms with Gasteiger partial charge in [-0.15, -0.1) is 0 Å². The summed E-state index contributed by atoms with van der Waals surface area (Å²) in [7, 11) is 3.53. The van der Waals surface area contributed by atoms with Crippen molar-refractivity contribution in [1.29, 1.82) is 0 Å². The van der Waals surface area contributed by atoms with Gasteiger partial charge in [-0.25, -0.2) is 0 Å². The van der Waals surface area contributed by atoms with Crippen LogP contribution in [0, 0.1) is 5.92 Å². The van der Waals surface area contributed by atoms with Gasteiger partial charge >= 0.3 is 0 Å². The molecule has 1 heterocycles. The van der Waals surface area contributed by atoms with E-state index in [-0.39, 0.29) is 0 Å². The first kappa shape index (κ1) is 20.7. The van der Waals surface area contributed by atoms with E-state index in [4.69, 9.17) is 9.47 Å². The first-order valence-electron chi connectivity index (χ1n) is 9.47. The third-order valence-corrected chi connectivity index (χ3v) is 4.78. The lowest BCUT2D eigenvalue weighted by atomic mass is 10.0. The molecule has 6 nitrogen and oxygen atoms in total. The lowest BCUT2D eigenvalue weighted by Crippen LogP contribution is -2.52. The molecular weight excluding hydrogens is 328 g/mol. The normalized spacial score (nSPS) is 17.3. The van der Waals surface area contributed by atoms with E-state index in [1.165, 1.54) is 11.1 Å². The molecule has 1 aliphatic heterocycles. The summed E-state index contributed by atoms with van der Waals surface area (Å²) >= 11 is 0. The second-order valence-electron chi connectivity index (χ2n) is 7.02. The molecule has 146 valence electrons. The van der Waals surface area contributed by atoms with E-state index in [1.807, 2.05) is 7.05 Å². The molecule has 0 bridgehead atoms. The van der Waals surface area contributed by atoms with E-state index >= 15 is 0 Å². The summed E-state index contributed by atoms with van der Waals surface area (Å²) in [5.41, 5.74) is 2.41. The van der Waals surface area contributed by atoms with Crippen molar-refractivity contribution in [3.8, 4) is 0 Å². The van der Waals surface area contributed by atoms with Crippen molar-refractivity contribution < 1.29 is 9.47 Å². The van der Waals surface area contributed by atoms with E-state index in [0.717, 1.165) is 45.4 Å². The standard InChI is InChI=1S/C20H34N4O2/c1-16(2)19(24-9-11-26-12-10-24)14-23-20(21-3)22-13-17-5-7-18(8-6-17)15-25-4/h5-8,16,19H,9-15H2,1-4H3,(H2,21,22,23). The van der Waals surface area contributed by atoms with Crippen molar-refractivity contribution in [1.82, 2.24) is 15.5 Å². The second-order valence-corrected chi connectivity index (χ2v) is 7.02. The molecule has 26 heavy (non-hydrogen) atoms. The Bertz CT molecular complexity index is 539. The Morgan fingerprint density at radius 1 is 1.15 bits per heavy atom. The summed E-state index contributed by atoms with van der Waals surface area (Å²) in [6.45, 7) is 10.5. The van der Waals surface area contributed by atoms with Crippen LogP contribution in [0.5, 0.6) is 0 Å².